The van der Waals surface area contributed by atoms with Gasteiger partial charge in [0.15, 0.2) is 5.11 Å². The third kappa shape index (κ3) is 5.02. The maximum absolute atomic E-state index is 12.4. The second-order valence-electron chi connectivity index (χ2n) is 10.8. The van der Waals surface area contributed by atoms with Gasteiger partial charge < -0.3 is 20.1 Å². The Morgan fingerprint density at radius 2 is 1.80 bits per heavy atom. The fourth-order valence-electron chi connectivity index (χ4n) is 5.65. The summed E-state index contributed by atoms with van der Waals surface area (Å²) in [5.41, 5.74) is 9.77. The SMILES string of the molecule is CCc1ccccc1-n1c(C)cc([C@H]2[C@@H](c3ccccn3)NC(=S)N2c2ccc(NC(=O)C(C)C)c(C)c2)c1C. The first-order valence-corrected chi connectivity index (χ1v) is 14.3. The number of rotatable bonds is 7. The molecule has 1 amide bonds. The summed E-state index contributed by atoms with van der Waals surface area (Å²) >= 11 is 5.98. The summed E-state index contributed by atoms with van der Waals surface area (Å²) in [5, 5.41) is 7.28. The lowest BCUT2D eigenvalue weighted by Crippen LogP contribution is -2.29. The van der Waals surface area contributed by atoms with Gasteiger partial charge in [0.05, 0.1) is 17.8 Å². The molecule has 1 fully saturated rings. The molecule has 0 radical (unpaired) electrons. The molecule has 2 aromatic heterocycles. The average molecular weight is 552 g/mol. The summed E-state index contributed by atoms with van der Waals surface area (Å²) in [6.45, 7) is 12.4. The number of nitrogens with zero attached hydrogens (tertiary/aromatic N) is 3. The Morgan fingerprint density at radius 1 is 1.05 bits per heavy atom. The van der Waals surface area contributed by atoms with Crippen LogP contribution in [0.25, 0.3) is 5.69 Å². The number of aromatic nitrogens is 2. The van der Waals surface area contributed by atoms with Gasteiger partial charge in [-0.2, -0.15) is 0 Å². The molecule has 1 aliphatic heterocycles. The zero-order chi connectivity index (χ0) is 28.6. The zero-order valence-corrected chi connectivity index (χ0v) is 24.8. The summed E-state index contributed by atoms with van der Waals surface area (Å²) < 4.78 is 2.36. The molecule has 0 spiro atoms. The molecule has 7 heteroatoms. The van der Waals surface area contributed by atoms with Crippen molar-refractivity contribution in [1.29, 1.82) is 0 Å². The fourth-order valence-corrected chi connectivity index (χ4v) is 6.00. The van der Waals surface area contributed by atoms with Crippen molar-refractivity contribution >= 4 is 34.6 Å². The van der Waals surface area contributed by atoms with Gasteiger partial charge in [-0.15, -0.1) is 0 Å². The fraction of sp³-hybridized carbons (Fsp3) is 0.303. The molecule has 2 atom stereocenters. The van der Waals surface area contributed by atoms with Crippen LogP contribution in [0.4, 0.5) is 11.4 Å². The van der Waals surface area contributed by atoms with Crippen molar-refractivity contribution in [3.05, 3.63) is 107 Å². The Morgan fingerprint density at radius 3 is 2.48 bits per heavy atom. The molecule has 1 aliphatic rings. The van der Waals surface area contributed by atoms with Crippen molar-refractivity contribution in [2.24, 2.45) is 5.92 Å². The highest BCUT2D eigenvalue weighted by molar-refractivity contribution is 7.80. The van der Waals surface area contributed by atoms with Gasteiger partial charge in [0, 0.05) is 40.6 Å². The van der Waals surface area contributed by atoms with E-state index in [4.69, 9.17) is 17.2 Å². The maximum atomic E-state index is 12.4. The Labute approximate surface area is 242 Å². The van der Waals surface area contributed by atoms with Gasteiger partial charge in [0.1, 0.15) is 0 Å². The second kappa shape index (κ2) is 11.3. The molecule has 1 saturated heterocycles. The van der Waals surface area contributed by atoms with Crippen LogP contribution in [-0.2, 0) is 11.2 Å². The number of anilines is 2. The molecule has 0 saturated carbocycles. The maximum Gasteiger partial charge on any atom is 0.226 e. The minimum Gasteiger partial charge on any atom is -0.351 e. The highest BCUT2D eigenvalue weighted by Crippen LogP contribution is 2.44. The molecule has 0 aliphatic carbocycles. The van der Waals surface area contributed by atoms with E-state index in [0.717, 1.165) is 29.1 Å². The van der Waals surface area contributed by atoms with Gasteiger partial charge >= 0.3 is 0 Å². The van der Waals surface area contributed by atoms with E-state index in [9.17, 15) is 4.79 Å². The van der Waals surface area contributed by atoms with Crippen molar-refractivity contribution in [3.8, 4) is 5.69 Å². The molecule has 3 heterocycles. The Hall–Kier alpha value is -3.97. The molecule has 4 aromatic rings. The monoisotopic (exact) mass is 551 g/mol. The van der Waals surface area contributed by atoms with Gasteiger partial charge in [-0.1, -0.05) is 45.0 Å². The van der Waals surface area contributed by atoms with Crippen LogP contribution >= 0.6 is 12.2 Å². The highest BCUT2D eigenvalue weighted by Gasteiger charge is 2.42. The first-order chi connectivity index (χ1) is 19.2. The highest BCUT2D eigenvalue weighted by atomic mass is 32.1. The molecule has 40 heavy (non-hydrogen) atoms. The van der Waals surface area contributed by atoms with Crippen LogP contribution in [0.1, 0.15) is 66.6 Å². The lowest BCUT2D eigenvalue weighted by Gasteiger charge is -2.29. The number of pyridine rings is 1. The van der Waals surface area contributed by atoms with E-state index in [2.05, 4.69) is 83.3 Å². The number of amides is 1. The van der Waals surface area contributed by atoms with Gasteiger partial charge in [-0.25, -0.2) is 0 Å². The van der Waals surface area contributed by atoms with Crippen molar-refractivity contribution in [1.82, 2.24) is 14.9 Å². The summed E-state index contributed by atoms with van der Waals surface area (Å²) in [5.74, 6) is -0.0897. The summed E-state index contributed by atoms with van der Waals surface area (Å²) in [6, 6.07) is 22.8. The quantitative estimate of drug-likeness (QED) is 0.239. The van der Waals surface area contributed by atoms with Gasteiger partial charge in [-0.05, 0) is 98.6 Å². The smallest absolute Gasteiger partial charge is 0.226 e. The lowest BCUT2D eigenvalue weighted by atomic mass is 9.96. The Bertz CT molecular complexity index is 1560. The van der Waals surface area contributed by atoms with E-state index < -0.39 is 0 Å². The van der Waals surface area contributed by atoms with Gasteiger partial charge in [-0.3, -0.25) is 9.78 Å². The Balaban J connectivity index is 1.63. The van der Waals surface area contributed by atoms with Crippen LogP contribution in [-0.4, -0.2) is 20.6 Å². The van der Waals surface area contributed by atoms with Crippen LogP contribution in [0.3, 0.4) is 0 Å². The number of para-hydroxylation sites is 1. The van der Waals surface area contributed by atoms with E-state index in [1.807, 2.05) is 51.2 Å². The van der Waals surface area contributed by atoms with E-state index in [1.54, 1.807) is 0 Å². The lowest BCUT2D eigenvalue weighted by molar-refractivity contribution is -0.118. The van der Waals surface area contributed by atoms with Crippen LogP contribution in [0, 0.1) is 26.7 Å². The van der Waals surface area contributed by atoms with Crippen LogP contribution in [0.15, 0.2) is 72.9 Å². The molecule has 5 rings (SSSR count). The number of aryl methyl sites for hydroxylation is 3. The molecule has 2 N–H and O–H groups in total. The number of carbonyl (C=O) groups is 1. The number of benzene rings is 2. The van der Waals surface area contributed by atoms with E-state index >= 15 is 0 Å². The predicted molar refractivity (Wildman–Crippen MR) is 167 cm³/mol. The third-order valence-electron chi connectivity index (χ3n) is 7.77. The number of carbonyl (C=O) groups excluding carboxylic acids is 1. The molecule has 6 nitrogen and oxygen atoms in total. The standard InChI is InChI=1S/C33H37N5OS/c1-7-24-12-8-9-14-29(24)37-22(5)19-26(23(37)6)31-30(28-13-10-11-17-34-28)36-33(40)38(31)25-15-16-27(21(4)18-25)35-32(39)20(2)3/h8-20,30-31H,7H2,1-6H3,(H,35,39)(H,36,40)/t30-,31+/m1/s1. The van der Waals surface area contributed by atoms with Crippen LogP contribution < -0.4 is 15.5 Å². The van der Waals surface area contributed by atoms with E-state index in [1.165, 1.54) is 28.2 Å². The predicted octanol–water partition coefficient (Wildman–Crippen LogP) is 7.13. The first-order valence-electron chi connectivity index (χ1n) is 13.9. The molecular formula is C33H37N5OS. The van der Waals surface area contributed by atoms with Crippen LogP contribution in [0.2, 0.25) is 0 Å². The Kier molecular flexibility index (Phi) is 7.76. The van der Waals surface area contributed by atoms with Gasteiger partial charge in [0.25, 0.3) is 0 Å². The summed E-state index contributed by atoms with van der Waals surface area (Å²) in [4.78, 5) is 19.3. The number of nitrogens with one attached hydrogen (secondary N) is 2. The summed E-state index contributed by atoms with van der Waals surface area (Å²) in [7, 11) is 0. The van der Waals surface area contributed by atoms with Crippen molar-refractivity contribution in [2.45, 2.75) is 60.0 Å². The first kappa shape index (κ1) is 27.6. The normalized spacial score (nSPS) is 16.9. The number of hydrogen-bond acceptors (Lipinski definition) is 3. The number of hydrogen-bond donors (Lipinski definition) is 2. The molecular weight excluding hydrogens is 514 g/mol. The average Bonchev–Trinajstić information content (AvgIpc) is 3.44. The minimum absolute atomic E-state index is 0.00195. The summed E-state index contributed by atoms with van der Waals surface area (Å²) in [6.07, 6.45) is 2.79. The third-order valence-corrected chi connectivity index (χ3v) is 8.09. The van der Waals surface area contributed by atoms with Crippen molar-refractivity contribution in [3.63, 3.8) is 0 Å². The van der Waals surface area contributed by atoms with Crippen molar-refractivity contribution < 1.29 is 4.79 Å². The van der Waals surface area contributed by atoms with Crippen molar-refractivity contribution in [2.75, 3.05) is 10.2 Å². The molecule has 0 unspecified atom stereocenters. The largest absolute Gasteiger partial charge is 0.351 e. The topological polar surface area (TPSA) is 62.2 Å². The van der Waals surface area contributed by atoms with E-state index in [-0.39, 0.29) is 23.9 Å². The number of thiocarbonyl (C=S) groups is 1. The van der Waals surface area contributed by atoms with Crippen LogP contribution in [0.5, 0.6) is 0 Å². The molecule has 0 bridgehead atoms. The van der Waals surface area contributed by atoms with E-state index in [0.29, 0.717) is 5.11 Å². The molecule has 2 aromatic carbocycles. The second-order valence-corrected chi connectivity index (χ2v) is 11.2. The zero-order valence-electron chi connectivity index (χ0n) is 24.0. The van der Waals surface area contributed by atoms with Gasteiger partial charge in [0.2, 0.25) is 5.91 Å². The molecule has 206 valence electrons. The minimum atomic E-state index is -0.135.